The number of esters is 1. The van der Waals surface area contributed by atoms with E-state index in [1.54, 1.807) is 6.21 Å². The first-order valence-corrected chi connectivity index (χ1v) is 11.3. The van der Waals surface area contributed by atoms with Crippen molar-refractivity contribution in [3.63, 3.8) is 0 Å². The Bertz CT molecular complexity index is 921. The van der Waals surface area contributed by atoms with Gasteiger partial charge in [0.1, 0.15) is 6.61 Å². The second-order valence-corrected chi connectivity index (χ2v) is 8.95. The third-order valence-electron chi connectivity index (χ3n) is 4.88. The van der Waals surface area contributed by atoms with Gasteiger partial charge in [-0.2, -0.15) is 5.26 Å². The Labute approximate surface area is 192 Å². The minimum absolute atomic E-state index is 0.191. The molecule has 0 aromatic heterocycles. The predicted octanol–water partition coefficient (Wildman–Crippen LogP) is 3.65. The van der Waals surface area contributed by atoms with Gasteiger partial charge in [0.15, 0.2) is 0 Å². The molecule has 0 bridgehead atoms. The van der Waals surface area contributed by atoms with Gasteiger partial charge in [0.2, 0.25) is 0 Å². The van der Waals surface area contributed by atoms with Crippen LogP contribution in [0.5, 0.6) is 0 Å². The van der Waals surface area contributed by atoms with Crippen molar-refractivity contribution in [2.75, 3.05) is 26.3 Å². The van der Waals surface area contributed by atoms with Crippen LogP contribution in [-0.2, 0) is 20.9 Å². The molecule has 3 heterocycles. The monoisotopic (exact) mass is 455 g/mol. The predicted molar refractivity (Wildman–Crippen MR) is 127 cm³/mol. The molecule has 0 amide bonds. The second kappa shape index (κ2) is 11.9. The maximum atomic E-state index is 12.8. The molecule has 3 aliphatic heterocycles. The summed E-state index contributed by atoms with van der Waals surface area (Å²) in [6, 6.07) is 11.4. The topological polar surface area (TPSA) is 83.7 Å². The zero-order chi connectivity index (χ0) is 22.1. The Kier molecular flexibility index (Phi) is 8.98. The van der Waals surface area contributed by atoms with Crippen LogP contribution in [0.25, 0.3) is 0 Å². The molecule has 0 aliphatic carbocycles. The minimum atomic E-state index is -0.461. The van der Waals surface area contributed by atoms with Gasteiger partial charge >= 0.3 is 5.97 Å². The van der Waals surface area contributed by atoms with Crippen LogP contribution < -0.4 is 5.32 Å². The summed E-state index contributed by atoms with van der Waals surface area (Å²) in [5.41, 5.74) is 1.86. The Morgan fingerprint density at radius 3 is 2.65 bits per heavy atom. The Hall–Kier alpha value is -2.31. The van der Waals surface area contributed by atoms with E-state index < -0.39 is 11.9 Å². The number of thioether (sulfide) groups is 1. The van der Waals surface area contributed by atoms with Crippen molar-refractivity contribution in [3.8, 4) is 6.07 Å². The zero-order valence-corrected chi connectivity index (χ0v) is 19.0. The number of thiol groups is 1. The fraction of sp³-hybridized carbons (Fsp3) is 0.348. The molecule has 31 heavy (non-hydrogen) atoms. The number of nitrogens with one attached hydrogen (secondary N) is 1. The lowest BCUT2D eigenvalue weighted by atomic mass is 9.85. The first-order valence-electron chi connectivity index (χ1n) is 10.0. The quantitative estimate of drug-likeness (QED) is 0.533. The average molecular weight is 456 g/mol. The number of benzene rings is 1. The van der Waals surface area contributed by atoms with Gasteiger partial charge < -0.3 is 14.8 Å². The zero-order valence-electron chi connectivity index (χ0n) is 17.3. The van der Waals surface area contributed by atoms with Crippen LogP contribution in [0.2, 0.25) is 0 Å². The van der Waals surface area contributed by atoms with Gasteiger partial charge in [-0.25, -0.2) is 4.79 Å². The van der Waals surface area contributed by atoms with Crippen LogP contribution in [0.4, 0.5) is 0 Å². The number of hydrogen-bond acceptors (Lipinski definition) is 8. The van der Waals surface area contributed by atoms with E-state index in [4.69, 9.17) is 9.47 Å². The third-order valence-corrected chi connectivity index (χ3v) is 6.33. The van der Waals surface area contributed by atoms with E-state index in [0.29, 0.717) is 15.4 Å². The second-order valence-electron chi connectivity index (χ2n) is 6.98. The van der Waals surface area contributed by atoms with Crippen molar-refractivity contribution < 1.29 is 14.3 Å². The molecular formula is C23H25N3O3S2. The number of morpholine rings is 1. The fourth-order valence-corrected chi connectivity index (χ4v) is 4.85. The fourth-order valence-electron chi connectivity index (χ4n) is 3.36. The molecular weight excluding hydrogens is 430 g/mol. The number of carbonyl (C=O) groups excluding carboxylic acids is 1. The summed E-state index contributed by atoms with van der Waals surface area (Å²) in [6.45, 7) is 5.88. The Balaban J connectivity index is 0.000000391. The van der Waals surface area contributed by atoms with Crippen molar-refractivity contribution in [2.45, 2.75) is 19.6 Å². The van der Waals surface area contributed by atoms with E-state index in [0.717, 1.165) is 36.8 Å². The van der Waals surface area contributed by atoms with Gasteiger partial charge in [-0.15, -0.1) is 12.6 Å². The smallest absolute Gasteiger partial charge is 0.335 e. The average Bonchev–Trinajstić information content (AvgIpc) is 3.34. The van der Waals surface area contributed by atoms with Crippen LogP contribution in [0.1, 0.15) is 12.5 Å². The lowest BCUT2D eigenvalue weighted by molar-refractivity contribution is -0.140. The Morgan fingerprint density at radius 1 is 1.35 bits per heavy atom. The number of allylic oxidation sites excluding steroid dienone is 2. The van der Waals surface area contributed by atoms with Gasteiger partial charge in [0, 0.05) is 19.3 Å². The summed E-state index contributed by atoms with van der Waals surface area (Å²) in [6.07, 6.45) is 5.39. The molecule has 8 heteroatoms. The summed E-state index contributed by atoms with van der Waals surface area (Å²) < 4.78 is 11.1. The van der Waals surface area contributed by atoms with E-state index in [1.165, 1.54) is 11.8 Å². The first-order chi connectivity index (χ1) is 15.1. The lowest BCUT2D eigenvalue weighted by Gasteiger charge is -2.28. The van der Waals surface area contributed by atoms with Crippen molar-refractivity contribution >= 4 is 36.6 Å². The first kappa shape index (κ1) is 23.4. The van der Waals surface area contributed by atoms with E-state index in [2.05, 4.69) is 29.0 Å². The molecule has 1 aromatic rings. The normalized spacial score (nSPS) is 22.6. The van der Waals surface area contributed by atoms with Crippen LogP contribution in [0.3, 0.4) is 0 Å². The highest BCUT2D eigenvalue weighted by Crippen LogP contribution is 2.46. The summed E-state index contributed by atoms with van der Waals surface area (Å²) in [5.74, 6) is -0.875. The highest BCUT2D eigenvalue weighted by atomic mass is 32.2. The standard InChI is InChI=1S/C19H16N2O2S2.C4H9NO/c1-12-16(18(22)23-11-13-6-3-2-4-7-13)17(15-8-5-9-21-15)14(10-20)19(24)25-12;1-3-6-4-2-5-1/h2-9,15,17,24H,11H2,1H3;5H,1-4H2. The van der Waals surface area contributed by atoms with Crippen LogP contribution in [-0.4, -0.2) is 44.5 Å². The van der Waals surface area contributed by atoms with Crippen molar-refractivity contribution in [3.05, 3.63) is 68.3 Å². The van der Waals surface area contributed by atoms with Crippen LogP contribution >= 0.6 is 24.4 Å². The molecule has 6 nitrogen and oxygen atoms in total. The summed E-state index contributed by atoms with van der Waals surface area (Å²) in [7, 11) is 0. The molecule has 1 aromatic carbocycles. The number of carbonyl (C=O) groups is 1. The highest BCUT2D eigenvalue weighted by molar-refractivity contribution is 8.18. The Morgan fingerprint density at radius 2 is 2.10 bits per heavy atom. The molecule has 1 N–H and O–H groups in total. The van der Waals surface area contributed by atoms with Crippen LogP contribution in [0.15, 0.2) is 67.8 Å². The van der Waals surface area contributed by atoms with Crippen LogP contribution in [0, 0.1) is 17.2 Å². The molecule has 2 atom stereocenters. The van der Waals surface area contributed by atoms with Crippen molar-refractivity contribution in [1.29, 1.82) is 5.26 Å². The summed E-state index contributed by atoms with van der Waals surface area (Å²) >= 11 is 5.74. The molecule has 1 saturated heterocycles. The number of nitriles is 1. The van der Waals surface area contributed by atoms with Gasteiger partial charge in [-0.05, 0) is 23.5 Å². The number of rotatable bonds is 4. The number of hydrogen-bond donors (Lipinski definition) is 2. The van der Waals surface area contributed by atoms with Gasteiger partial charge in [0.05, 0.1) is 46.6 Å². The van der Waals surface area contributed by atoms with E-state index in [9.17, 15) is 10.1 Å². The van der Waals surface area contributed by atoms with Gasteiger partial charge in [-0.1, -0.05) is 48.2 Å². The molecule has 162 valence electrons. The highest BCUT2D eigenvalue weighted by Gasteiger charge is 2.38. The molecule has 4 rings (SSSR count). The van der Waals surface area contributed by atoms with E-state index in [1.807, 2.05) is 49.4 Å². The summed E-state index contributed by atoms with van der Waals surface area (Å²) in [4.78, 5) is 18.0. The molecule has 0 spiro atoms. The largest absolute Gasteiger partial charge is 0.457 e. The number of aliphatic imine (C=N–C) groups is 1. The molecule has 0 saturated carbocycles. The molecule has 2 unspecified atom stereocenters. The van der Waals surface area contributed by atoms with E-state index in [-0.39, 0.29) is 12.6 Å². The maximum Gasteiger partial charge on any atom is 0.335 e. The summed E-state index contributed by atoms with van der Waals surface area (Å²) in [5, 5.41) is 12.7. The third kappa shape index (κ3) is 6.34. The lowest BCUT2D eigenvalue weighted by Crippen LogP contribution is -2.30. The van der Waals surface area contributed by atoms with Gasteiger partial charge in [0.25, 0.3) is 0 Å². The van der Waals surface area contributed by atoms with Gasteiger partial charge in [-0.3, -0.25) is 4.99 Å². The van der Waals surface area contributed by atoms with Crippen molar-refractivity contribution in [1.82, 2.24) is 5.32 Å². The molecule has 3 aliphatic rings. The molecule has 0 radical (unpaired) electrons. The molecule has 1 fully saturated rings. The maximum absolute atomic E-state index is 12.8. The number of nitrogens with zero attached hydrogens (tertiary/aromatic N) is 2. The SMILES string of the molecule is C1COCCN1.CC1=C(C(=O)OCc2ccccc2)C(C2C=CC=N2)C(C#N)=C(S)S1. The van der Waals surface area contributed by atoms with E-state index >= 15 is 0 Å². The number of ether oxygens (including phenoxy) is 2. The van der Waals surface area contributed by atoms with Crippen molar-refractivity contribution in [2.24, 2.45) is 10.9 Å². The minimum Gasteiger partial charge on any atom is -0.457 e.